The van der Waals surface area contributed by atoms with Gasteiger partial charge in [-0.2, -0.15) is 0 Å². The Kier molecular flexibility index (Phi) is 3.80. The molecule has 1 atom stereocenters. The van der Waals surface area contributed by atoms with Crippen LogP contribution in [0.3, 0.4) is 0 Å². The first kappa shape index (κ1) is 13.9. The lowest BCUT2D eigenvalue weighted by Gasteiger charge is -2.20. The average molecular weight is 252 g/mol. The Bertz CT molecular complexity index is 606. The number of rotatable bonds is 2. The van der Waals surface area contributed by atoms with Crippen molar-refractivity contribution >= 4 is 0 Å². The number of benzene rings is 2. The van der Waals surface area contributed by atoms with Gasteiger partial charge in [-0.05, 0) is 73.6 Å². The molecule has 2 rings (SSSR count). The molecule has 2 aromatic rings. The monoisotopic (exact) mass is 252 g/mol. The van der Waals surface area contributed by atoms with E-state index in [1.165, 1.54) is 38.9 Å². The Morgan fingerprint density at radius 1 is 0.632 bits per heavy atom. The van der Waals surface area contributed by atoms with E-state index in [1.807, 2.05) is 0 Å². The number of hydrogen-bond acceptors (Lipinski definition) is 0. The second-order valence-electron chi connectivity index (χ2n) is 5.73. The summed E-state index contributed by atoms with van der Waals surface area (Å²) in [6, 6.07) is 11.2. The van der Waals surface area contributed by atoms with Crippen molar-refractivity contribution < 1.29 is 0 Å². The molecule has 0 aliphatic carbocycles. The Morgan fingerprint density at radius 2 is 1.21 bits per heavy atom. The first-order chi connectivity index (χ1) is 8.93. The third kappa shape index (κ3) is 2.45. The highest BCUT2D eigenvalue weighted by molar-refractivity contribution is 5.46. The van der Waals surface area contributed by atoms with E-state index in [-0.39, 0.29) is 0 Å². The second kappa shape index (κ2) is 5.21. The van der Waals surface area contributed by atoms with Gasteiger partial charge in [0, 0.05) is 5.92 Å². The number of aryl methyl sites for hydroxylation is 2. The molecule has 0 radical (unpaired) electrons. The van der Waals surface area contributed by atoms with Crippen molar-refractivity contribution in [3.05, 3.63) is 69.3 Å². The molecule has 0 heteroatoms. The van der Waals surface area contributed by atoms with E-state index in [1.54, 1.807) is 0 Å². The lowest BCUT2D eigenvalue weighted by molar-refractivity contribution is 0.890. The molecule has 0 aliphatic heterocycles. The largest absolute Gasteiger partial charge is 0.0617 e. The highest BCUT2D eigenvalue weighted by atomic mass is 14.2. The fourth-order valence-corrected chi connectivity index (χ4v) is 2.86. The van der Waals surface area contributed by atoms with Gasteiger partial charge in [0.15, 0.2) is 0 Å². The highest BCUT2D eigenvalue weighted by Gasteiger charge is 2.15. The molecule has 0 nitrogen and oxygen atoms in total. The minimum Gasteiger partial charge on any atom is -0.0617 e. The van der Waals surface area contributed by atoms with Gasteiger partial charge in [0.2, 0.25) is 0 Å². The van der Waals surface area contributed by atoms with Crippen molar-refractivity contribution in [2.45, 2.75) is 47.5 Å². The van der Waals surface area contributed by atoms with Gasteiger partial charge in [0.25, 0.3) is 0 Å². The van der Waals surface area contributed by atoms with E-state index < -0.39 is 0 Å². The molecule has 0 heterocycles. The van der Waals surface area contributed by atoms with Gasteiger partial charge in [-0.1, -0.05) is 37.3 Å². The minimum atomic E-state index is 0.458. The summed E-state index contributed by atoms with van der Waals surface area (Å²) in [6.45, 7) is 13.4. The first-order valence-corrected chi connectivity index (χ1v) is 7.06. The van der Waals surface area contributed by atoms with Crippen LogP contribution in [0.1, 0.15) is 51.8 Å². The SMILES string of the molecule is Cc1cccc(C(C)c2ccc(C)c(C)c2C)c1C. The standard InChI is InChI=1S/C19H24/c1-12-8-7-9-18(15(12)4)17(6)19-11-10-13(2)14(3)16(19)5/h7-11,17H,1-6H3. The van der Waals surface area contributed by atoms with Gasteiger partial charge in [-0.15, -0.1) is 0 Å². The van der Waals surface area contributed by atoms with Gasteiger partial charge >= 0.3 is 0 Å². The van der Waals surface area contributed by atoms with E-state index >= 15 is 0 Å². The fourth-order valence-electron chi connectivity index (χ4n) is 2.86. The topological polar surface area (TPSA) is 0 Å². The van der Waals surface area contributed by atoms with Crippen LogP contribution in [0.15, 0.2) is 30.3 Å². The lowest BCUT2D eigenvalue weighted by atomic mass is 9.84. The first-order valence-electron chi connectivity index (χ1n) is 7.06. The Morgan fingerprint density at radius 3 is 1.89 bits per heavy atom. The maximum Gasteiger partial charge on any atom is 0.00664 e. The Hall–Kier alpha value is -1.56. The van der Waals surface area contributed by atoms with Crippen LogP contribution in [0.4, 0.5) is 0 Å². The molecule has 0 fully saturated rings. The van der Waals surface area contributed by atoms with Gasteiger partial charge in [-0.25, -0.2) is 0 Å². The van der Waals surface area contributed by atoms with Gasteiger partial charge in [-0.3, -0.25) is 0 Å². The van der Waals surface area contributed by atoms with Crippen LogP contribution in [0.2, 0.25) is 0 Å². The Labute approximate surface area is 117 Å². The van der Waals surface area contributed by atoms with Crippen LogP contribution in [0, 0.1) is 34.6 Å². The van der Waals surface area contributed by atoms with Crippen molar-refractivity contribution in [3.63, 3.8) is 0 Å². The molecular formula is C19H24. The zero-order valence-electron chi connectivity index (χ0n) is 13.0. The zero-order valence-corrected chi connectivity index (χ0v) is 13.0. The molecule has 0 saturated carbocycles. The van der Waals surface area contributed by atoms with Crippen LogP contribution >= 0.6 is 0 Å². The highest BCUT2D eigenvalue weighted by Crippen LogP contribution is 2.31. The smallest absolute Gasteiger partial charge is 0.00664 e. The van der Waals surface area contributed by atoms with Crippen LogP contribution in [0.5, 0.6) is 0 Å². The molecule has 2 aromatic carbocycles. The predicted molar refractivity (Wildman–Crippen MR) is 84.1 cm³/mol. The molecule has 1 unspecified atom stereocenters. The summed E-state index contributed by atoms with van der Waals surface area (Å²) in [5.74, 6) is 0.458. The molecule has 19 heavy (non-hydrogen) atoms. The van der Waals surface area contributed by atoms with E-state index in [0.29, 0.717) is 5.92 Å². The summed E-state index contributed by atoms with van der Waals surface area (Å²) in [7, 11) is 0. The molecule has 0 bridgehead atoms. The van der Waals surface area contributed by atoms with E-state index in [9.17, 15) is 0 Å². The summed E-state index contributed by atoms with van der Waals surface area (Å²) in [5.41, 5.74) is 9.96. The van der Waals surface area contributed by atoms with Crippen molar-refractivity contribution in [2.24, 2.45) is 0 Å². The number of hydrogen-bond donors (Lipinski definition) is 0. The molecule has 100 valence electrons. The quantitative estimate of drug-likeness (QED) is 0.673. The van der Waals surface area contributed by atoms with Gasteiger partial charge in [0.1, 0.15) is 0 Å². The molecular weight excluding hydrogens is 228 g/mol. The normalized spacial score (nSPS) is 12.5. The third-order valence-electron chi connectivity index (χ3n) is 4.68. The van der Waals surface area contributed by atoms with Crippen LogP contribution in [-0.2, 0) is 0 Å². The van der Waals surface area contributed by atoms with Crippen molar-refractivity contribution in [1.82, 2.24) is 0 Å². The summed E-state index contributed by atoms with van der Waals surface area (Å²) in [4.78, 5) is 0. The van der Waals surface area contributed by atoms with Gasteiger partial charge in [0.05, 0.1) is 0 Å². The third-order valence-corrected chi connectivity index (χ3v) is 4.68. The Balaban J connectivity index is 2.53. The fraction of sp³-hybridized carbons (Fsp3) is 0.368. The van der Waals surface area contributed by atoms with Crippen LogP contribution in [0.25, 0.3) is 0 Å². The summed E-state index contributed by atoms with van der Waals surface area (Å²) < 4.78 is 0. The molecule has 0 spiro atoms. The van der Waals surface area contributed by atoms with Crippen LogP contribution in [-0.4, -0.2) is 0 Å². The summed E-state index contributed by atoms with van der Waals surface area (Å²) in [6.07, 6.45) is 0. The molecule has 0 amide bonds. The lowest BCUT2D eigenvalue weighted by Crippen LogP contribution is -2.04. The minimum absolute atomic E-state index is 0.458. The maximum absolute atomic E-state index is 2.32. The molecule has 0 N–H and O–H groups in total. The maximum atomic E-state index is 2.32. The molecule has 0 aliphatic rings. The van der Waals surface area contributed by atoms with Crippen molar-refractivity contribution in [1.29, 1.82) is 0 Å². The summed E-state index contributed by atoms with van der Waals surface area (Å²) >= 11 is 0. The predicted octanol–water partition coefficient (Wildman–Crippen LogP) is 5.38. The van der Waals surface area contributed by atoms with Crippen molar-refractivity contribution in [2.75, 3.05) is 0 Å². The van der Waals surface area contributed by atoms with E-state index in [4.69, 9.17) is 0 Å². The zero-order chi connectivity index (χ0) is 14.2. The second-order valence-corrected chi connectivity index (χ2v) is 5.73. The molecule has 0 saturated heterocycles. The van der Waals surface area contributed by atoms with E-state index in [0.717, 1.165) is 0 Å². The van der Waals surface area contributed by atoms with E-state index in [2.05, 4.69) is 71.9 Å². The summed E-state index contributed by atoms with van der Waals surface area (Å²) in [5, 5.41) is 0. The van der Waals surface area contributed by atoms with Crippen LogP contribution < -0.4 is 0 Å². The average Bonchev–Trinajstić information content (AvgIpc) is 2.39. The molecule has 0 aromatic heterocycles. The van der Waals surface area contributed by atoms with Crippen molar-refractivity contribution in [3.8, 4) is 0 Å². The van der Waals surface area contributed by atoms with Gasteiger partial charge < -0.3 is 0 Å².